The third-order valence-corrected chi connectivity index (χ3v) is 7.28. The van der Waals surface area contributed by atoms with Crippen molar-refractivity contribution in [2.24, 2.45) is 0 Å². The first kappa shape index (κ1) is 30.4. The number of ether oxygens (including phenoxy) is 2. The summed E-state index contributed by atoms with van der Waals surface area (Å²) >= 11 is 0. The van der Waals surface area contributed by atoms with Crippen molar-refractivity contribution in [3.05, 3.63) is 154 Å². The van der Waals surface area contributed by atoms with Crippen LogP contribution in [0.1, 0.15) is 82.5 Å². The molecule has 5 rings (SSSR count). The minimum Gasteiger partial charge on any atom is -0.457 e. The molecule has 0 unspecified atom stereocenters. The molecule has 5 aromatic rings. The fourth-order valence-electron chi connectivity index (χ4n) is 4.83. The van der Waals surface area contributed by atoms with Gasteiger partial charge in [-0.2, -0.15) is 0 Å². The highest BCUT2D eigenvalue weighted by Crippen LogP contribution is 2.35. The lowest BCUT2D eigenvalue weighted by Gasteiger charge is -2.17. The van der Waals surface area contributed by atoms with E-state index in [0.29, 0.717) is 45.3 Å². The molecule has 5 aromatic carbocycles. The standard InChI is InChI=1S/C38H32F2O4/c1-23(2)33-21-27(37(41)25-5-11-29(39)12-6-25)9-19-35(33)43-31-15-17-32(18-16-31)44-36-20-10-28(22-34(36)24(3)4)38(42)26-7-13-30(40)14-8-26/h5-24H,1-4H3. The Kier molecular flexibility index (Phi) is 9.00. The third-order valence-electron chi connectivity index (χ3n) is 7.28. The highest BCUT2D eigenvalue weighted by atomic mass is 19.1. The van der Waals surface area contributed by atoms with Gasteiger partial charge in [0, 0.05) is 22.3 Å². The van der Waals surface area contributed by atoms with E-state index in [9.17, 15) is 18.4 Å². The Balaban J connectivity index is 1.32. The van der Waals surface area contributed by atoms with Crippen LogP contribution in [0.4, 0.5) is 8.78 Å². The van der Waals surface area contributed by atoms with Crippen molar-refractivity contribution in [1.29, 1.82) is 0 Å². The van der Waals surface area contributed by atoms with Crippen molar-refractivity contribution in [1.82, 2.24) is 0 Å². The average Bonchev–Trinajstić information content (AvgIpc) is 3.02. The number of benzene rings is 5. The van der Waals surface area contributed by atoms with Gasteiger partial charge < -0.3 is 9.47 Å². The summed E-state index contributed by atoms with van der Waals surface area (Å²) in [7, 11) is 0. The summed E-state index contributed by atoms with van der Waals surface area (Å²) < 4.78 is 39.0. The lowest BCUT2D eigenvalue weighted by atomic mass is 9.95. The number of carbonyl (C=O) groups is 2. The molecule has 0 N–H and O–H groups in total. The largest absolute Gasteiger partial charge is 0.457 e. The number of hydrogen-bond donors (Lipinski definition) is 0. The first-order chi connectivity index (χ1) is 21.1. The minimum absolute atomic E-state index is 0.0842. The topological polar surface area (TPSA) is 52.6 Å². The molecule has 44 heavy (non-hydrogen) atoms. The molecule has 0 bridgehead atoms. The van der Waals surface area contributed by atoms with Crippen molar-refractivity contribution in [3.63, 3.8) is 0 Å². The van der Waals surface area contributed by atoms with Crippen LogP contribution in [0.3, 0.4) is 0 Å². The molecule has 0 fully saturated rings. The fraction of sp³-hybridized carbons (Fsp3) is 0.158. The van der Waals surface area contributed by atoms with Gasteiger partial charge in [-0.05, 0) is 132 Å². The van der Waals surface area contributed by atoms with Crippen LogP contribution in [0.2, 0.25) is 0 Å². The van der Waals surface area contributed by atoms with E-state index in [0.717, 1.165) is 11.1 Å². The summed E-state index contributed by atoms with van der Waals surface area (Å²) in [6.45, 7) is 8.10. The Morgan fingerprint density at radius 2 is 0.795 bits per heavy atom. The Hall–Kier alpha value is -5.10. The first-order valence-electron chi connectivity index (χ1n) is 14.4. The van der Waals surface area contributed by atoms with Gasteiger partial charge in [0.25, 0.3) is 0 Å². The van der Waals surface area contributed by atoms with Crippen LogP contribution in [0, 0.1) is 11.6 Å². The molecule has 0 atom stereocenters. The number of halogens is 2. The molecule has 0 saturated heterocycles. The maximum Gasteiger partial charge on any atom is 0.193 e. The summed E-state index contributed by atoms with van der Waals surface area (Å²) in [6.07, 6.45) is 0. The van der Waals surface area contributed by atoms with E-state index in [1.807, 2.05) is 39.8 Å². The summed E-state index contributed by atoms with van der Waals surface area (Å²) in [4.78, 5) is 26.0. The number of hydrogen-bond acceptors (Lipinski definition) is 4. The van der Waals surface area contributed by atoms with Crippen molar-refractivity contribution in [2.45, 2.75) is 39.5 Å². The van der Waals surface area contributed by atoms with E-state index in [1.165, 1.54) is 48.5 Å². The molecule has 6 heteroatoms. The van der Waals surface area contributed by atoms with E-state index >= 15 is 0 Å². The molecule has 4 nitrogen and oxygen atoms in total. The Morgan fingerprint density at radius 1 is 0.477 bits per heavy atom. The molecule has 0 aromatic heterocycles. The molecule has 0 saturated carbocycles. The monoisotopic (exact) mass is 590 g/mol. The normalized spacial score (nSPS) is 11.1. The van der Waals surface area contributed by atoms with Crippen LogP contribution in [-0.2, 0) is 0 Å². The van der Waals surface area contributed by atoms with Gasteiger partial charge in [-0.1, -0.05) is 27.7 Å². The molecule has 0 amide bonds. The van der Waals surface area contributed by atoms with E-state index in [-0.39, 0.29) is 23.4 Å². The van der Waals surface area contributed by atoms with E-state index in [2.05, 4.69) is 0 Å². The van der Waals surface area contributed by atoms with Gasteiger partial charge in [0.05, 0.1) is 0 Å². The van der Waals surface area contributed by atoms with Crippen LogP contribution in [-0.4, -0.2) is 11.6 Å². The van der Waals surface area contributed by atoms with Gasteiger partial charge in [-0.25, -0.2) is 8.78 Å². The zero-order valence-corrected chi connectivity index (χ0v) is 24.9. The van der Waals surface area contributed by atoms with Crippen molar-refractivity contribution >= 4 is 11.6 Å². The Morgan fingerprint density at radius 3 is 1.11 bits per heavy atom. The molecule has 0 aliphatic heterocycles. The average molecular weight is 591 g/mol. The molecule has 0 radical (unpaired) electrons. The predicted octanol–water partition coefficient (Wildman–Crippen LogP) is 10.3. The van der Waals surface area contributed by atoms with Gasteiger partial charge in [0.15, 0.2) is 11.6 Å². The summed E-state index contributed by atoms with van der Waals surface area (Å²) in [5.41, 5.74) is 3.58. The lowest BCUT2D eigenvalue weighted by molar-refractivity contribution is 0.103. The van der Waals surface area contributed by atoms with Gasteiger partial charge in [-0.3, -0.25) is 9.59 Å². The summed E-state index contributed by atoms with van der Waals surface area (Å²) in [6, 6.07) is 28.9. The van der Waals surface area contributed by atoms with Crippen LogP contribution in [0.5, 0.6) is 23.0 Å². The maximum absolute atomic E-state index is 13.3. The predicted molar refractivity (Wildman–Crippen MR) is 167 cm³/mol. The lowest BCUT2D eigenvalue weighted by Crippen LogP contribution is -2.04. The van der Waals surface area contributed by atoms with Crippen LogP contribution in [0.15, 0.2) is 109 Å². The first-order valence-corrected chi connectivity index (χ1v) is 14.4. The number of ketones is 2. The molecule has 0 aliphatic carbocycles. The van der Waals surface area contributed by atoms with E-state index < -0.39 is 11.6 Å². The van der Waals surface area contributed by atoms with Crippen LogP contribution >= 0.6 is 0 Å². The highest BCUT2D eigenvalue weighted by Gasteiger charge is 2.17. The zero-order valence-electron chi connectivity index (χ0n) is 24.9. The number of rotatable bonds is 10. The van der Waals surface area contributed by atoms with E-state index in [1.54, 1.807) is 48.5 Å². The minimum atomic E-state index is -0.391. The van der Waals surface area contributed by atoms with E-state index in [4.69, 9.17) is 9.47 Å². The second-order valence-corrected chi connectivity index (χ2v) is 11.2. The quantitative estimate of drug-likeness (QED) is 0.152. The van der Waals surface area contributed by atoms with Crippen molar-refractivity contribution in [3.8, 4) is 23.0 Å². The Bertz CT molecular complexity index is 1660. The smallest absolute Gasteiger partial charge is 0.193 e. The molecule has 0 heterocycles. The van der Waals surface area contributed by atoms with Gasteiger partial charge in [-0.15, -0.1) is 0 Å². The second-order valence-electron chi connectivity index (χ2n) is 11.2. The van der Waals surface area contributed by atoms with Crippen LogP contribution in [0.25, 0.3) is 0 Å². The van der Waals surface area contributed by atoms with Gasteiger partial charge in [0.2, 0.25) is 0 Å². The molecular weight excluding hydrogens is 558 g/mol. The Labute approximate surface area is 255 Å². The maximum atomic E-state index is 13.3. The zero-order chi connectivity index (χ0) is 31.4. The molecule has 0 spiro atoms. The summed E-state index contributed by atoms with van der Waals surface area (Å²) in [5.74, 6) is 1.47. The fourth-order valence-corrected chi connectivity index (χ4v) is 4.83. The molecule has 0 aliphatic rings. The summed E-state index contributed by atoms with van der Waals surface area (Å²) in [5, 5.41) is 0. The van der Waals surface area contributed by atoms with Crippen molar-refractivity contribution < 1.29 is 27.8 Å². The SMILES string of the molecule is CC(C)c1cc(C(=O)c2ccc(F)cc2)ccc1Oc1ccc(Oc2ccc(C(=O)c3ccc(F)cc3)cc2C(C)C)cc1. The highest BCUT2D eigenvalue weighted by molar-refractivity contribution is 6.09. The third kappa shape index (κ3) is 6.92. The van der Waals surface area contributed by atoms with Gasteiger partial charge >= 0.3 is 0 Å². The molecule has 222 valence electrons. The van der Waals surface area contributed by atoms with Gasteiger partial charge in [0.1, 0.15) is 34.6 Å². The molecular formula is C38H32F2O4. The van der Waals surface area contributed by atoms with Crippen molar-refractivity contribution in [2.75, 3.05) is 0 Å². The second kappa shape index (κ2) is 13.0. The van der Waals surface area contributed by atoms with Crippen LogP contribution < -0.4 is 9.47 Å². The number of carbonyl (C=O) groups excluding carboxylic acids is 2.